The molecule has 2 aromatic heterocycles. The molecule has 0 aliphatic heterocycles. The van der Waals surface area contributed by atoms with E-state index in [4.69, 9.17) is 0 Å². The van der Waals surface area contributed by atoms with E-state index in [9.17, 15) is 45.5 Å². The van der Waals surface area contributed by atoms with Crippen molar-refractivity contribution < 1.29 is 50.3 Å². The van der Waals surface area contributed by atoms with Gasteiger partial charge in [0.05, 0.1) is 47.4 Å². The highest BCUT2D eigenvalue weighted by atomic mass is 19.4. The Morgan fingerprint density at radius 1 is 0.732 bits per heavy atom. The molecule has 2 heterocycles. The van der Waals surface area contributed by atoms with Gasteiger partial charge in [0.15, 0.2) is 0 Å². The van der Waals surface area contributed by atoms with Gasteiger partial charge in [-0.1, -0.05) is 13.2 Å². The van der Waals surface area contributed by atoms with Gasteiger partial charge in [-0.3, -0.25) is 19.6 Å². The Balaban J connectivity index is 1.82. The van der Waals surface area contributed by atoms with Gasteiger partial charge in [-0.15, -0.1) is 0 Å². The van der Waals surface area contributed by atoms with Crippen molar-refractivity contribution in [2.24, 2.45) is 0 Å². The molecule has 0 radical (unpaired) electrons. The van der Waals surface area contributed by atoms with Crippen LogP contribution >= 0.6 is 0 Å². The van der Waals surface area contributed by atoms with E-state index in [0.717, 1.165) is 24.3 Å². The van der Waals surface area contributed by atoms with E-state index in [1.165, 1.54) is 13.8 Å². The molecule has 2 atom stereocenters. The Kier molecular flexibility index (Phi) is 10.5. The average molecular weight is 586 g/mol. The molecule has 9 nitrogen and oxygen atoms in total. The van der Waals surface area contributed by atoms with Crippen molar-refractivity contribution in [3.63, 3.8) is 0 Å². The number of aromatic nitrogens is 2. The number of halogens is 6. The smallest absolute Gasteiger partial charge is 0.386 e. The van der Waals surface area contributed by atoms with Crippen molar-refractivity contribution in [3.05, 3.63) is 83.5 Å². The highest BCUT2D eigenvalue weighted by molar-refractivity contribution is 6.05. The van der Waals surface area contributed by atoms with Crippen molar-refractivity contribution >= 4 is 23.8 Å². The summed E-state index contributed by atoms with van der Waals surface area (Å²) in [5, 5.41) is 4.83. The Morgan fingerprint density at radius 2 is 1.07 bits per heavy atom. The molecule has 0 bridgehead atoms. The Labute approximate surface area is 229 Å². The lowest BCUT2D eigenvalue weighted by atomic mass is 10.1. The molecule has 15 heteroatoms. The van der Waals surface area contributed by atoms with Crippen molar-refractivity contribution in [2.75, 3.05) is 0 Å². The first-order valence-corrected chi connectivity index (χ1v) is 11.7. The minimum atomic E-state index is -4.58. The normalized spacial score (nSPS) is 13.0. The fraction of sp³-hybridized carbons (Fsp3) is 0.308. The van der Waals surface area contributed by atoms with Gasteiger partial charge < -0.3 is 15.4 Å². The highest BCUT2D eigenvalue weighted by Crippen LogP contribution is 2.30. The third-order valence-corrected chi connectivity index (χ3v) is 5.38. The monoisotopic (exact) mass is 586 g/mol. The van der Waals surface area contributed by atoms with Gasteiger partial charge in [0.1, 0.15) is 0 Å². The fourth-order valence-electron chi connectivity index (χ4n) is 3.15. The zero-order chi connectivity index (χ0) is 31.1. The quantitative estimate of drug-likeness (QED) is 0.181. The second-order valence-corrected chi connectivity index (χ2v) is 8.76. The van der Waals surface area contributed by atoms with Crippen molar-refractivity contribution in [3.8, 4) is 0 Å². The predicted molar refractivity (Wildman–Crippen MR) is 130 cm³/mol. The molecule has 0 aliphatic carbocycles. The minimum Gasteiger partial charge on any atom is -0.386 e. The molecule has 41 heavy (non-hydrogen) atoms. The largest absolute Gasteiger partial charge is 0.417 e. The first-order valence-electron chi connectivity index (χ1n) is 11.7. The summed E-state index contributed by atoms with van der Waals surface area (Å²) in [6.07, 6.45) is -9.18. The summed E-state index contributed by atoms with van der Waals surface area (Å²) in [6.45, 7) is 9.62. The molecule has 2 aromatic rings. The van der Waals surface area contributed by atoms with Gasteiger partial charge in [0.2, 0.25) is 11.8 Å². The molecule has 2 amide bonds. The summed E-state index contributed by atoms with van der Waals surface area (Å²) in [5.41, 5.74) is -2.58. The second kappa shape index (κ2) is 13.2. The van der Waals surface area contributed by atoms with Crippen LogP contribution in [-0.4, -0.2) is 33.7 Å². The molecule has 0 saturated carbocycles. The number of hydrogen-bond acceptors (Lipinski definition) is 7. The van der Waals surface area contributed by atoms with E-state index in [-0.39, 0.29) is 11.4 Å². The third kappa shape index (κ3) is 9.85. The minimum absolute atomic E-state index is 0.118. The number of rotatable bonds is 10. The van der Waals surface area contributed by atoms with E-state index in [0.29, 0.717) is 12.4 Å². The van der Waals surface area contributed by atoms with E-state index in [2.05, 4.69) is 38.5 Å². The van der Waals surface area contributed by atoms with Crippen molar-refractivity contribution in [2.45, 2.75) is 51.1 Å². The van der Waals surface area contributed by atoms with E-state index >= 15 is 0 Å². The van der Waals surface area contributed by atoms with Gasteiger partial charge in [-0.25, -0.2) is 9.59 Å². The number of ether oxygens (including phenoxy) is 1. The zero-order valence-corrected chi connectivity index (χ0v) is 21.7. The van der Waals surface area contributed by atoms with Crippen LogP contribution < -0.4 is 10.6 Å². The van der Waals surface area contributed by atoms with Crippen LogP contribution in [-0.2, 0) is 36.3 Å². The SMILES string of the molecule is C=C(CC(=O)N[C@@H](C)c1ccc(C(F)(F)F)cn1)C(=O)OC(=O)C(=C)CC(=O)N[C@@H](C)c1ccc(C(F)(F)F)cn1. The summed E-state index contributed by atoms with van der Waals surface area (Å²) in [7, 11) is 0. The highest BCUT2D eigenvalue weighted by Gasteiger charge is 2.32. The lowest BCUT2D eigenvalue weighted by Crippen LogP contribution is -2.30. The topological polar surface area (TPSA) is 127 Å². The van der Waals surface area contributed by atoms with Gasteiger partial charge in [0, 0.05) is 23.5 Å². The lowest BCUT2D eigenvalue weighted by molar-refractivity contribution is -0.155. The fourth-order valence-corrected chi connectivity index (χ4v) is 3.15. The molecule has 2 N–H and O–H groups in total. The Morgan fingerprint density at radius 3 is 1.34 bits per heavy atom. The molecular formula is C26H24F6N4O5. The van der Waals surface area contributed by atoms with Crippen LogP contribution in [0.15, 0.2) is 61.0 Å². The maximum absolute atomic E-state index is 12.7. The van der Waals surface area contributed by atoms with Gasteiger partial charge >= 0.3 is 24.3 Å². The molecule has 0 unspecified atom stereocenters. The van der Waals surface area contributed by atoms with Crippen LogP contribution in [0.1, 0.15) is 61.3 Å². The molecule has 0 saturated heterocycles. The number of alkyl halides is 6. The molecule has 0 aromatic carbocycles. The summed E-state index contributed by atoms with van der Waals surface area (Å²) in [4.78, 5) is 56.1. The number of carbonyl (C=O) groups excluding carboxylic acids is 4. The Hall–Kier alpha value is -4.56. The molecule has 0 spiro atoms. The lowest BCUT2D eigenvalue weighted by Gasteiger charge is -2.15. The molecule has 2 rings (SSSR count). The third-order valence-electron chi connectivity index (χ3n) is 5.38. The number of esters is 2. The first kappa shape index (κ1) is 32.7. The first-order chi connectivity index (χ1) is 18.9. The van der Waals surface area contributed by atoms with Gasteiger partial charge in [-0.2, -0.15) is 26.3 Å². The number of carbonyl (C=O) groups is 4. The number of pyridine rings is 2. The predicted octanol–water partition coefficient (Wildman–Crippen LogP) is 4.53. The van der Waals surface area contributed by atoms with Crippen molar-refractivity contribution in [1.82, 2.24) is 20.6 Å². The van der Waals surface area contributed by atoms with E-state index < -0.39 is 83.3 Å². The number of amides is 2. The molecule has 220 valence electrons. The molecular weight excluding hydrogens is 562 g/mol. The maximum atomic E-state index is 12.7. The summed E-state index contributed by atoms with van der Waals surface area (Å²) in [5.74, 6) is -4.10. The average Bonchev–Trinajstić information content (AvgIpc) is 2.87. The summed E-state index contributed by atoms with van der Waals surface area (Å²) in [6, 6.07) is 2.11. The standard InChI is InChI=1S/C26H24F6N4O5/c1-13(9-21(37)35-15(3)19-7-5-17(11-33-19)25(27,28)29)23(39)41-24(40)14(2)10-22(38)36-16(4)20-8-6-18(12-34-20)26(30,31)32/h5-8,11-12,15-16H,1-2,9-10H2,3-4H3,(H,35,37)(H,36,38)/t15-,16-/m0/s1. The molecule has 0 fully saturated rings. The van der Waals surface area contributed by atoms with Crippen LogP contribution in [0.4, 0.5) is 26.3 Å². The van der Waals surface area contributed by atoms with E-state index in [1.807, 2.05) is 0 Å². The number of nitrogens with one attached hydrogen (secondary N) is 2. The maximum Gasteiger partial charge on any atom is 0.417 e. The van der Waals surface area contributed by atoms with E-state index in [1.54, 1.807) is 0 Å². The van der Waals surface area contributed by atoms with Crippen LogP contribution in [0.5, 0.6) is 0 Å². The Bertz CT molecular complexity index is 1220. The summed E-state index contributed by atoms with van der Waals surface area (Å²) < 4.78 is 80.6. The van der Waals surface area contributed by atoms with Gasteiger partial charge in [-0.05, 0) is 38.1 Å². The van der Waals surface area contributed by atoms with Crippen LogP contribution in [0.3, 0.4) is 0 Å². The van der Waals surface area contributed by atoms with Gasteiger partial charge in [0.25, 0.3) is 0 Å². The molecule has 0 aliphatic rings. The second-order valence-electron chi connectivity index (χ2n) is 8.76. The zero-order valence-electron chi connectivity index (χ0n) is 21.7. The van der Waals surface area contributed by atoms with Crippen LogP contribution in [0.2, 0.25) is 0 Å². The number of hydrogen-bond donors (Lipinski definition) is 2. The number of nitrogens with zero attached hydrogens (tertiary/aromatic N) is 2. The van der Waals surface area contributed by atoms with Crippen LogP contribution in [0, 0.1) is 0 Å². The van der Waals surface area contributed by atoms with Crippen LogP contribution in [0.25, 0.3) is 0 Å². The van der Waals surface area contributed by atoms with Crippen molar-refractivity contribution in [1.29, 1.82) is 0 Å². The summed E-state index contributed by atoms with van der Waals surface area (Å²) >= 11 is 0.